The molecular formula is C20H21ClFN4O2P. The van der Waals surface area contributed by atoms with Crippen LogP contribution in [-0.4, -0.2) is 26.6 Å². The van der Waals surface area contributed by atoms with Crippen molar-refractivity contribution < 1.29 is 13.9 Å². The van der Waals surface area contributed by atoms with Gasteiger partial charge in [0.2, 0.25) is 5.28 Å². The van der Waals surface area contributed by atoms with E-state index in [1.807, 2.05) is 0 Å². The summed E-state index contributed by atoms with van der Waals surface area (Å²) in [7, 11) is 2.51. The fourth-order valence-electron chi connectivity index (χ4n) is 2.91. The first kappa shape index (κ1) is 21.3. The third-order valence-corrected chi connectivity index (χ3v) is 4.70. The topological polar surface area (TPSA) is 77.0 Å². The number of nitrogens with one attached hydrogen (secondary N) is 1. The Morgan fingerprint density at radius 1 is 1.31 bits per heavy atom. The molecule has 6 nitrogen and oxygen atoms in total. The Morgan fingerprint density at radius 3 is 2.72 bits per heavy atom. The third-order valence-electron chi connectivity index (χ3n) is 4.09. The van der Waals surface area contributed by atoms with Crippen molar-refractivity contribution >= 4 is 43.1 Å². The molecule has 2 aromatic heterocycles. The zero-order valence-corrected chi connectivity index (χ0v) is 18.4. The molecule has 3 rings (SSSR count). The second-order valence-electron chi connectivity index (χ2n) is 7.57. The highest BCUT2D eigenvalue weighted by molar-refractivity contribution is 7.27. The minimum Gasteiger partial charge on any atom is -0.444 e. The predicted molar refractivity (Wildman–Crippen MR) is 115 cm³/mol. The molecule has 1 amide bonds. The van der Waals surface area contributed by atoms with Crippen LogP contribution in [0, 0.1) is 5.82 Å². The highest BCUT2D eigenvalue weighted by atomic mass is 35.5. The number of carbonyl (C=O) groups excluding carboxylic acids is 1. The van der Waals surface area contributed by atoms with E-state index in [-0.39, 0.29) is 10.8 Å². The van der Waals surface area contributed by atoms with E-state index in [4.69, 9.17) is 16.3 Å². The molecule has 0 aliphatic rings. The number of rotatable bonds is 3. The largest absolute Gasteiger partial charge is 0.444 e. The van der Waals surface area contributed by atoms with Gasteiger partial charge in [0.1, 0.15) is 16.9 Å². The number of hydrogen-bond donors (Lipinski definition) is 1. The molecule has 9 heteroatoms. The Hall–Kier alpha value is -2.37. The molecule has 2 heterocycles. The van der Waals surface area contributed by atoms with Gasteiger partial charge in [0.15, 0.2) is 0 Å². The molecule has 29 heavy (non-hydrogen) atoms. The molecule has 3 aromatic rings. The third kappa shape index (κ3) is 4.98. The van der Waals surface area contributed by atoms with Crippen molar-refractivity contribution in [1.29, 1.82) is 0 Å². The lowest BCUT2D eigenvalue weighted by molar-refractivity contribution is 0.0508. The summed E-state index contributed by atoms with van der Waals surface area (Å²) < 4.78 is 20.1. The van der Waals surface area contributed by atoms with E-state index in [2.05, 4.69) is 29.5 Å². The number of nitrogens with zero attached hydrogens (tertiary/aromatic N) is 3. The Balaban J connectivity index is 2.06. The van der Waals surface area contributed by atoms with Crippen LogP contribution >= 0.6 is 20.8 Å². The SMILES string of the molecule is CC(NC(=O)OC(C)(C)C)c1ccnc2c(F)cc(-c3nc(Cl)ncc3P)cc12. The zero-order valence-electron chi connectivity index (χ0n) is 16.5. The van der Waals surface area contributed by atoms with Crippen molar-refractivity contribution in [3.05, 3.63) is 47.3 Å². The fourth-order valence-corrected chi connectivity index (χ4v) is 3.35. The van der Waals surface area contributed by atoms with Crippen molar-refractivity contribution in [3.8, 4) is 11.3 Å². The van der Waals surface area contributed by atoms with Gasteiger partial charge in [-0.05, 0) is 63.1 Å². The number of hydrogen-bond acceptors (Lipinski definition) is 5. The molecule has 2 atom stereocenters. The summed E-state index contributed by atoms with van der Waals surface area (Å²) in [5, 5.41) is 4.09. The summed E-state index contributed by atoms with van der Waals surface area (Å²) in [6.07, 6.45) is 2.51. The quantitative estimate of drug-likeness (QED) is 0.482. The highest BCUT2D eigenvalue weighted by Gasteiger charge is 2.21. The molecule has 0 radical (unpaired) electrons. The zero-order chi connectivity index (χ0) is 21.3. The van der Waals surface area contributed by atoms with E-state index < -0.39 is 23.6 Å². The summed E-state index contributed by atoms with van der Waals surface area (Å²) >= 11 is 5.92. The molecule has 152 valence electrons. The lowest BCUT2D eigenvalue weighted by atomic mass is 10.00. The van der Waals surface area contributed by atoms with Crippen LogP contribution in [0.4, 0.5) is 9.18 Å². The minimum atomic E-state index is -0.620. The first-order valence-electron chi connectivity index (χ1n) is 8.91. The predicted octanol–water partition coefficient (Wildman–Crippen LogP) is 4.57. The van der Waals surface area contributed by atoms with Crippen LogP contribution < -0.4 is 10.6 Å². The van der Waals surface area contributed by atoms with Gasteiger partial charge in [0.05, 0.1) is 11.7 Å². The van der Waals surface area contributed by atoms with Crippen molar-refractivity contribution in [1.82, 2.24) is 20.3 Å². The van der Waals surface area contributed by atoms with E-state index in [1.165, 1.54) is 12.3 Å². The van der Waals surface area contributed by atoms with Crippen LogP contribution in [0.2, 0.25) is 5.28 Å². The summed E-state index contributed by atoms with van der Waals surface area (Å²) in [5.74, 6) is -0.497. The van der Waals surface area contributed by atoms with Gasteiger partial charge in [-0.1, -0.05) is 0 Å². The molecule has 1 N–H and O–H groups in total. The van der Waals surface area contributed by atoms with Crippen LogP contribution in [0.5, 0.6) is 0 Å². The maximum Gasteiger partial charge on any atom is 0.408 e. The maximum absolute atomic E-state index is 14.8. The number of amides is 1. The standard InChI is InChI=1S/C20H21ClFN4O2P/c1-10(25-19(27)28-20(2,3)4)12-5-6-23-17-13(12)7-11(8-14(17)22)16-15(29)9-24-18(21)26-16/h5-10H,29H2,1-4H3,(H,25,27). The average molecular weight is 435 g/mol. The molecule has 0 spiro atoms. The van der Waals surface area contributed by atoms with E-state index in [0.717, 1.165) is 0 Å². The Morgan fingerprint density at radius 2 is 2.03 bits per heavy atom. The van der Waals surface area contributed by atoms with Gasteiger partial charge in [-0.15, -0.1) is 9.24 Å². The first-order chi connectivity index (χ1) is 13.5. The first-order valence-corrected chi connectivity index (χ1v) is 9.87. The van der Waals surface area contributed by atoms with Crippen LogP contribution in [0.3, 0.4) is 0 Å². The van der Waals surface area contributed by atoms with Gasteiger partial charge in [-0.2, -0.15) is 0 Å². The maximum atomic E-state index is 14.8. The monoisotopic (exact) mass is 434 g/mol. The Labute approximate surface area is 175 Å². The van der Waals surface area contributed by atoms with E-state index >= 15 is 0 Å². The van der Waals surface area contributed by atoms with Gasteiger partial charge in [-0.3, -0.25) is 4.98 Å². The fraction of sp³-hybridized carbons (Fsp3) is 0.300. The van der Waals surface area contributed by atoms with Gasteiger partial charge < -0.3 is 10.1 Å². The molecule has 0 aliphatic heterocycles. The molecule has 1 aromatic carbocycles. The second-order valence-corrected chi connectivity index (χ2v) is 8.53. The van der Waals surface area contributed by atoms with Crippen LogP contribution in [0.25, 0.3) is 22.2 Å². The highest BCUT2D eigenvalue weighted by Crippen LogP contribution is 2.30. The summed E-state index contributed by atoms with van der Waals surface area (Å²) in [4.78, 5) is 24.4. The number of carbonyl (C=O) groups is 1. The average Bonchev–Trinajstić information content (AvgIpc) is 2.61. The Bertz CT molecular complexity index is 1090. The molecule has 2 unspecified atom stereocenters. The minimum absolute atomic E-state index is 0.0677. The van der Waals surface area contributed by atoms with Gasteiger partial charge in [0.25, 0.3) is 0 Å². The van der Waals surface area contributed by atoms with Crippen molar-refractivity contribution in [2.75, 3.05) is 0 Å². The lowest BCUT2D eigenvalue weighted by Gasteiger charge is -2.22. The number of aromatic nitrogens is 3. The number of halogens is 2. The molecule has 0 fully saturated rings. The van der Waals surface area contributed by atoms with Crippen molar-refractivity contribution in [2.24, 2.45) is 0 Å². The lowest BCUT2D eigenvalue weighted by Crippen LogP contribution is -2.34. The molecule has 0 bridgehead atoms. The van der Waals surface area contributed by atoms with E-state index in [1.54, 1.807) is 46.0 Å². The van der Waals surface area contributed by atoms with Crippen molar-refractivity contribution in [2.45, 2.75) is 39.3 Å². The van der Waals surface area contributed by atoms with Gasteiger partial charge in [-0.25, -0.2) is 19.2 Å². The number of alkyl carbamates (subject to hydrolysis) is 1. The number of benzene rings is 1. The number of pyridine rings is 1. The van der Waals surface area contributed by atoms with Crippen molar-refractivity contribution in [3.63, 3.8) is 0 Å². The molecule has 0 saturated carbocycles. The molecular weight excluding hydrogens is 414 g/mol. The van der Waals surface area contributed by atoms with Crippen LogP contribution in [0.1, 0.15) is 39.3 Å². The second kappa shape index (κ2) is 8.17. The van der Waals surface area contributed by atoms with E-state index in [9.17, 15) is 9.18 Å². The Kier molecular flexibility index (Phi) is 6.01. The summed E-state index contributed by atoms with van der Waals surface area (Å²) in [6.45, 7) is 7.15. The summed E-state index contributed by atoms with van der Waals surface area (Å²) in [6, 6.07) is 4.44. The van der Waals surface area contributed by atoms with Crippen LogP contribution in [0.15, 0.2) is 30.6 Å². The smallest absolute Gasteiger partial charge is 0.408 e. The van der Waals surface area contributed by atoms with Gasteiger partial charge >= 0.3 is 6.09 Å². The number of ether oxygens (including phenoxy) is 1. The molecule has 0 aliphatic carbocycles. The van der Waals surface area contributed by atoms with E-state index in [0.29, 0.717) is 27.5 Å². The number of fused-ring (bicyclic) bond motifs is 1. The summed E-state index contributed by atoms with van der Waals surface area (Å²) in [5.41, 5.74) is 1.31. The normalized spacial score (nSPS) is 12.7. The van der Waals surface area contributed by atoms with Crippen LogP contribution in [-0.2, 0) is 4.74 Å². The van der Waals surface area contributed by atoms with Gasteiger partial charge in [0, 0.05) is 28.6 Å². The molecule has 0 saturated heterocycles.